The molecule has 1 amide bonds. The van der Waals surface area contributed by atoms with Crippen molar-refractivity contribution in [2.45, 2.75) is 18.8 Å². The van der Waals surface area contributed by atoms with E-state index in [9.17, 15) is 4.79 Å². The van der Waals surface area contributed by atoms with Crippen molar-refractivity contribution in [3.8, 4) is 0 Å². The first-order chi connectivity index (χ1) is 11.8. The monoisotopic (exact) mass is 325 g/mol. The van der Waals surface area contributed by atoms with Gasteiger partial charge in [-0.2, -0.15) is 15.4 Å². The lowest BCUT2D eigenvalue weighted by molar-refractivity contribution is 0.0776. The fraction of sp³-hybridized carbons (Fsp3) is 0.562. The van der Waals surface area contributed by atoms with Gasteiger partial charge in [0.1, 0.15) is 12.1 Å². The Morgan fingerprint density at radius 2 is 1.92 bits per heavy atom. The fourth-order valence-corrected chi connectivity index (χ4v) is 3.95. The summed E-state index contributed by atoms with van der Waals surface area (Å²) in [5, 5.41) is 10.1. The summed E-state index contributed by atoms with van der Waals surface area (Å²) in [6.07, 6.45) is 5.68. The van der Waals surface area contributed by atoms with Crippen LogP contribution in [0.5, 0.6) is 0 Å². The van der Waals surface area contributed by atoms with Crippen molar-refractivity contribution in [1.82, 2.24) is 30.3 Å². The van der Waals surface area contributed by atoms with E-state index < -0.39 is 0 Å². The highest BCUT2D eigenvalue weighted by atomic mass is 16.2. The number of carbonyl (C=O) groups is 1. The summed E-state index contributed by atoms with van der Waals surface area (Å²) in [7, 11) is 0. The predicted molar refractivity (Wildman–Crippen MR) is 85.5 cm³/mol. The van der Waals surface area contributed by atoms with Gasteiger partial charge in [-0.05, 0) is 12.8 Å². The number of hydrogen-bond donors (Lipinski definition) is 1. The molecular weight excluding hydrogens is 306 g/mol. The van der Waals surface area contributed by atoms with Crippen LogP contribution in [0.25, 0.3) is 0 Å². The van der Waals surface area contributed by atoms with Crippen molar-refractivity contribution in [1.29, 1.82) is 0 Å². The topological polar surface area (TPSA) is 90.9 Å². The third kappa shape index (κ3) is 2.33. The van der Waals surface area contributed by atoms with E-state index in [0.717, 1.165) is 32.0 Å². The summed E-state index contributed by atoms with van der Waals surface area (Å²) < 4.78 is 0. The number of nitrogens with one attached hydrogen (secondary N) is 1. The molecule has 2 aliphatic heterocycles. The highest BCUT2D eigenvalue weighted by Gasteiger charge is 2.42. The Hall–Kier alpha value is -2.51. The van der Waals surface area contributed by atoms with Crippen LogP contribution in [-0.2, 0) is 0 Å². The number of aromatic nitrogens is 5. The predicted octanol–water partition coefficient (Wildman–Crippen LogP) is 0.680. The molecule has 0 radical (unpaired) electrons. The van der Waals surface area contributed by atoms with E-state index in [-0.39, 0.29) is 5.91 Å². The Kier molecular flexibility index (Phi) is 3.04. The zero-order valence-corrected chi connectivity index (χ0v) is 13.3. The zero-order chi connectivity index (χ0) is 16.1. The average Bonchev–Trinajstić information content (AvgIpc) is 2.99. The molecule has 0 aromatic carbocycles. The molecule has 3 aliphatic rings. The SMILES string of the molecule is O=C(c1cn[nH]n1)N1CC2CN(c3cc(C4CC4)ncn3)CC2C1. The Bertz CT molecular complexity index is 744. The van der Waals surface area contributed by atoms with Gasteiger partial charge in [-0.3, -0.25) is 4.79 Å². The lowest BCUT2D eigenvalue weighted by Gasteiger charge is -2.22. The fourth-order valence-electron chi connectivity index (χ4n) is 3.95. The molecule has 0 spiro atoms. The van der Waals surface area contributed by atoms with E-state index in [1.165, 1.54) is 24.7 Å². The molecule has 3 fully saturated rings. The molecular formula is C16H19N7O. The van der Waals surface area contributed by atoms with Gasteiger partial charge in [0.25, 0.3) is 5.91 Å². The van der Waals surface area contributed by atoms with Crippen molar-refractivity contribution >= 4 is 11.7 Å². The standard InChI is InChI=1S/C16H19N7O/c24-16(14-4-19-21-20-14)23-7-11-5-22(6-12(11)8-23)15-3-13(10-1-2-10)17-9-18-15/h3-4,9-12H,1-2,5-8H2,(H,19,20,21). The summed E-state index contributed by atoms with van der Waals surface area (Å²) >= 11 is 0. The number of amides is 1. The molecule has 0 bridgehead atoms. The first kappa shape index (κ1) is 13.9. The largest absolute Gasteiger partial charge is 0.356 e. The van der Waals surface area contributed by atoms with Crippen LogP contribution < -0.4 is 4.90 Å². The highest BCUT2D eigenvalue weighted by Crippen LogP contribution is 2.40. The smallest absolute Gasteiger partial charge is 0.276 e. The van der Waals surface area contributed by atoms with Crippen LogP contribution >= 0.6 is 0 Å². The molecule has 2 aromatic rings. The van der Waals surface area contributed by atoms with Crippen molar-refractivity contribution < 1.29 is 4.79 Å². The molecule has 2 aromatic heterocycles. The second-order valence-electron chi connectivity index (χ2n) is 7.07. The quantitative estimate of drug-likeness (QED) is 0.892. The summed E-state index contributed by atoms with van der Waals surface area (Å²) in [5.41, 5.74) is 1.58. The zero-order valence-electron chi connectivity index (χ0n) is 13.3. The van der Waals surface area contributed by atoms with Gasteiger partial charge < -0.3 is 9.80 Å². The molecule has 5 rings (SSSR count). The van der Waals surface area contributed by atoms with Gasteiger partial charge >= 0.3 is 0 Å². The summed E-state index contributed by atoms with van der Waals surface area (Å²) in [5.74, 6) is 2.66. The summed E-state index contributed by atoms with van der Waals surface area (Å²) in [6, 6.07) is 2.15. The lowest BCUT2D eigenvalue weighted by Crippen LogP contribution is -2.33. The minimum absolute atomic E-state index is 0.0252. The first-order valence-corrected chi connectivity index (χ1v) is 8.50. The molecule has 24 heavy (non-hydrogen) atoms. The van der Waals surface area contributed by atoms with E-state index in [1.807, 2.05) is 4.90 Å². The number of likely N-dealkylation sites (tertiary alicyclic amines) is 1. The van der Waals surface area contributed by atoms with Crippen LogP contribution in [0.1, 0.15) is 34.9 Å². The van der Waals surface area contributed by atoms with Crippen molar-refractivity contribution in [3.05, 3.63) is 30.0 Å². The Morgan fingerprint density at radius 1 is 1.12 bits per heavy atom. The normalized spacial score (nSPS) is 26.0. The van der Waals surface area contributed by atoms with Crippen LogP contribution in [0.2, 0.25) is 0 Å². The molecule has 2 saturated heterocycles. The molecule has 4 heterocycles. The van der Waals surface area contributed by atoms with E-state index in [4.69, 9.17) is 0 Å². The molecule has 8 heteroatoms. The second kappa shape index (κ2) is 5.25. The van der Waals surface area contributed by atoms with E-state index >= 15 is 0 Å². The molecule has 2 unspecified atom stereocenters. The second-order valence-corrected chi connectivity index (χ2v) is 7.07. The van der Waals surface area contributed by atoms with Crippen molar-refractivity contribution in [2.75, 3.05) is 31.1 Å². The summed E-state index contributed by atoms with van der Waals surface area (Å²) in [6.45, 7) is 3.48. The van der Waals surface area contributed by atoms with Crippen LogP contribution in [0, 0.1) is 11.8 Å². The lowest BCUT2D eigenvalue weighted by atomic mass is 10.0. The maximum Gasteiger partial charge on any atom is 0.276 e. The molecule has 124 valence electrons. The molecule has 1 aliphatic carbocycles. The summed E-state index contributed by atoms with van der Waals surface area (Å²) in [4.78, 5) is 25.5. The van der Waals surface area contributed by atoms with Gasteiger partial charge in [-0.1, -0.05) is 0 Å². The number of fused-ring (bicyclic) bond motifs is 1. The van der Waals surface area contributed by atoms with Gasteiger partial charge in [0.05, 0.1) is 6.20 Å². The average molecular weight is 325 g/mol. The Morgan fingerprint density at radius 3 is 2.58 bits per heavy atom. The van der Waals surface area contributed by atoms with Crippen LogP contribution in [0.4, 0.5) is 5.82 Å². The highest BCUT2D eigenvalue weighted by molar-refractivity contribution is 5.92. The van der Waals surface area contributed by atoms with Crippen LogP contribution in [0.15, 0.2) is 18.6 Å². The molecule has 8 nitrogen and oxygen atoms in total. The van der Waals surface area contributed by atoms with Gasteiger partial charge in [0.15, 0.2) is 5.69 Å². The maximum atomic E-state index is 12.4. The number of H-pyrrole nitrogens is 1. The van der Waals surface area contributed by atoms with Gasteiger partial charge in [-0.15, -0.1) is 0 Å². The van der Waals surface area contributed by atoms with Gasteiger partial charge in [0, 0.05) is 55.7 Å². The van der Waals surface area contributed by atoms with Crippen molar-refractivity contribution in [2.24, 2.45) is 11.8 Å². The third-order valence-electron chi connectivity index (χ3n) is 5.40. The maximum absolute atomic E-state index is 12.4. The van der Waals surface area contributed by atoms with Gasteiger partial charge in [-0.25, -0.2) is 9.97 Å². The van der Waals surface area contributed by atoms with Crippen LogP contribution in [-0.4, -0.2) is 62.4 Å². The number of rotatable bonds is 3. The number of aromatic amines is 1. The van der Waals surface area contributed by atoms with Crippen LogP contribution in [0.3, 0.4) is 0 Å². The molecule has 2 atom stereocenters. The molecule has 1 saturated carbocycles. The Balaban J connectivity index is 1.27. The number of nitrogens with zero attached hydrogens (tertiary/aromatic N) is 6. The number of hydrogen-bond acceptors (Lipinski definition) is 6. The Labute approximate surface area is 139 Å². The molecule has 1 N–H and O–H groups in total. The third-order valence-corrected chi connectivity index (χ3v) is 5.40. The first-order valence-electron chi connectivity index (χ1n) is 8.50. The van der Waals surface area contributed by atoms with E-state index in [2.05, 4.69) is 36.3 Å². The van der Waals surface area contributed by atoms with E-state index in [0.29, 0.717) is 23.4 Å². The van der Waals surface area contributed by atoms with E-state index in [1.54, 1.807) is 6.33 Å². The van der Waals surface area contributed by atoms with Crippen molar-refractivity contribution in [3.63, 3.8) is 0 Å². The van der Waals surface area contributed by atoms with Gasteiger partial charge in [0.2, 0.25) is 0 Å². The minimum atomic E-state index is -0.0252. The number of anilines is 1. The number of carbonyl (C=O) groups excluding carboxylic acids is 1. The minimum Gasteiger partial charge on any atom is -0.356 e.